The van der Waals surface area contributed by atoms with Crippen molar-refractivity contribution in [2.45, 2.75) is 20.4 Å². The fourth-order valence-electron chi connectivity index (χ4n) is 1.94. The van der Waals surface area contributed by atoms with Crippen molar-refractivity contribution in [2.75, 3.05) is 13.2 Å². The van der Waals surface area contributed by atoms with Crippen molar-refractivity contribution >= 4 is 0 Å². The molecule has 3 nitrogen and oxygen atoms in total. The molecule has 0 saturated heterocycles. The molecule has 0 amide bonds. The van der Waals surface area contributed by atoms with Gasteiger partial charge >= 0.3 is 0 Å². The van der Waals surface area contributed by atoms with Gasteiger partial charge in [-0.25, -0.2) is 4.39 Å². The summed E-state index contributed by atoms with van der Waals surface area (Å²) in [5.74, 6) is 1.89. The van der Waals surface area contributed by atoms with Gasteiger partial charge in [-0.2, -0.15) is 0 Å². The molecule has 0 spiro atoms. The Morgan fingerprint density at radius 3 is 2.38 bits per heavy atom. The SMILES string of the molecule is CCNCc1cc(F)ccc1Oc1ccc(OCC)cc1. The lowest BCUT2D eigenvalue weighted by molar-refractivity contribution is 0.339. The molecule has 0 aliphatic carbocycles. The average Bonchev–Trinajstić information content (AvgIpc) is 2.49. The van der Waals surface area contributed by atoms with Gasteiger partial charge in [-0.3, -0.25) is 0 Å². The Kier molecular flexibility index (Phi) is 5.58. The van der Waals surface area contributed by atoms with Gasteiger partial charge in [-0.1, -0.05) is 6.92 Å². The number of nitrogens with one attached hydrogen (secondary N) is 1. The predicted molar refractivity (Wildman–Crippen MR) is 81.5 cm³/mol. The minimum Gasteiger partial charge on any atom is -0.494 e. The number of hydrogen-bond acceptors (Lipinski definition) is 3. The maximum atomic E-state index is 13.4. The third-order valence-corrected chi connectivity index (χ3v) is 2.95. The van der Waals surface area contributed by atoms with Crippen LogP contribution in [0.1, 0.15) is 19.4 Å². The quantitative estimate of drug-likeness (QED) is 0.831. The highest BCUT2D eigenvalue weighted by atomic mass is 19.1. The van der Waals surface area contributed by atoms with Crippen LogP contribution in [0.2, 0.25) is 0 Å². The van der Waals surface area contributed by atoms with Crippen molar-refractivity contribution in [3.63, 3.8) is 0 Å². The van der Waals surface area contributed by atoms with Gasteiger partial charge in [0, 0.05) is 12.1 Å². The van der Waals surface area contributed by atoms with Crippen molar-refractivity contribution < 1.29 is 13.9 Å². The normalized spacial score (nSPS) is 10.4. The summed E-state index contributed by atoms with van der Waals surface area (Å²) < 4.78 is 24.6. The predicted octanol–water partition coefficient (Wildman–Crippen LogP) is 4.13. The largest absolute Gasteiger partial charge is 0.494 e. The third kappa shape index (κ3) is 4.46. The summed E-state index contributed by atoms with van der Waals surface area (Å²) >= 11 is 0. The van der Waals surface area contributed by atoms with E-state index in [0.717, 1.165) is 17.9 Å². The van der Waals surface area contributed by atoms with Gasteiger partial charge in [-0.05, 0) is 55.9 Å². The minimum absolute atomic E-state index is 0.262. The molecule has 0 aromatic heterocycles. The van der Waals surface area contributed by atoms with Crippen LogP contribution in [-0.2, 0) is 6.54 Å². The number of hydrogen-bond donors (Lipinski definition) is 1. The van der Waals surface area contributed by atoms with Crippen LogP contribution in [0.4, 0.5) is 4.39 Å². The first-order valence-electron chi connectivity index (χ1n) is 7.12. The number of benzene rings is 2. The molecule has 0 heterocycles. The van der Waals surface area contributed by atoms with Crippen LogP contribution in [0.25, 0.3) is 0 Å². The lowest BCUT2D eigenvalue weighted by Crippen LogP contribution is -2.12. The molecule has 2 rings (SSSR count). The van der Waals surface area contributed by atoms with E-state index in [1.54, 1.807) is 6.07 Å². The van der Waals surface area contributed by atoms with Gasteiger partial charge in [0.25, 0.3) is 0 Å². The van der Waals surface area contributed by atoms with Crippen LogP contribution >= 0.6 is 0 Å². The van der Waals surface area contributed by atoms with Crippen LogP contribution in [0.3, 0.4) is 0 Å². The molecule has 0 bridgehead atoms. The summed E-state index contributed by atoms with van der Waals surface area (Å²) in [5, 5.41) is 3.18. The maximum absolute atomic E-state index is 13.4. The topological polar surface area (TPSA) is 30.5 Å². The van der Waals surface area contributed by atoms with E-state index in [2.05, 4.69) is 5.32 Å². The first-order valence-corrected chi connectivity index (χ1v) is 7.12. The molecule has 0 aliphatic rings. The molecule has 2 aromatic rings. The molecule has 112 valence electrons. The molecular formula is C17H20FNO2. The summed E-state index contributed by atoms with van der Waals surface area (Å²) in [6.07, 6.45) is 0. The Hall–Kier alpha value is -2.07. The molecule has 0 atom stereocenters. The van der Waals surface area contributed by atoms with Crippen molar-refractivity contribution in [3.05, 3.63) is 53.8 Å². The van der Waals surface area contributed by atoms with E-state index in [-0.39, 0.29) is 5.82 Å². The molecule has 0 fully saturated rings. The highest BCUT2D eigenvalue weighted by Gasteiger charge is 2.07. The lowest BCUT2D eigenvalue weighted by atomic mass is 10.2. The van der Waals surface area contributed by atoms with Gasteiger partial charge < -0.3 is 14.8 Å². The van der Waals surface area contributed by atoms with E-state index in [4.69, 9.17) is 9.47 Å². The zero-order valence-corrected chi connectivity index (χ0v) is 12.4. The van der Waals surface area contributed by atoms with E-state index in [9.17, 15) is 4.39 Å². The maximum Gasteiger partial charge on any atom is 0.132 e. The van der Waals surface area contributed by atoms with E-state index in [0.29, 0.717) is 24.7 Å². The van der Waals surface area contributed by atoms with Gasteiger partial charge in [-0.15, -0.1) is 0 Å². The van der Waals surface area contributed by atoms with Crippen LogP contribution in [0.5, 0.6) is 17.2 Å². The molecule has 0 radical (unpaired) electrons. The molecule has 0 aliphatic heterocycles. The highest BCUT2D eigenvalue weighted by molar-refractivity contribution is 5.39. The van der Waals surface area contributed by atoms with Gasteiger partial charge in [0.05, 0.1) is 6.61 Å². The van der Waals surface area contributed by atoms with Crippen LogP contribution in [0, 0.1) is 5.82 Å². The fraction of sp³-hybridized carbons (Fsp3) is 0.294. The van der Waals surface area contributed by atoms with E-state index >= 15 is 0 Å². The van der Waals surface area contributed by atoms with E-state index in [1.165, 1.54) is 12.1 Å². The number of halogens is 1. The zero-order valence-electron chi connectivity index (χ0n) is 12.4. The Morgan fingerprint density at radius 1 is 1.00 bits per heavy atom. The standard InChI is InChI=1S/C17H20FNO2/c1-3-19-12-13-11-14(18)5-10-17(13)21-16-8-6-15(7-9-16)20-4-2/h5-11,19H,3-4,12H2,1-2H3. The highest BCUT2D eigenvalue weighted by Crippen LogP contribution is 2.27. The van der Waals surface area contributed by atoms with Gasteiger partial charge in [0.1, 0.15) is 23.1 Å². The third-order valence-electron chi connectivity index (χ3n) is 2.95. The number of rotatable bonds is 7. The van der Waals surface area contributed by atoms with Gasteiger partial charge in [0.15, 0.2) is 0 Å². The molecule has 4 heteroatoms. The summed E-state index contributed by atoms with van der Waals surface area (Å²) in [4.78, 5) is 0. The smallest absolute Gasteiger partial charge is 0.132 e. The second kappa shape index (κ2) is 7.64. The second-order valence-electron chi connectivity index (χ2n) is 4.54. The summed E-state index contributed by atoms with van der Waals surface area (Å²) in [5.41, 5.74) is 0.797. The van der Waals surface area contributed by atoms with Crippen LogP contribution in [-0.4, -0.2) is 13.2 Å². The Morgan fingerprint density at radius 2 is 1.71 bits per heavy atom. The Labute approximate surface area is 124 Å². The van der Waals surface area contributed by atoms with Crippen molar-refractivity contribution in [1.82, 2.24) is 5.32 Å². The van der Waals surface area contributed by atoms with Crippen LogP contribution in [0.15, 0.2) is 42.5 Å². The van der Waals surface area contributed by atoms with Gasteiger partial charge in [0.2, 0.25) is 0 Å². The second-order valence-corrected chi connectivity index (χ2v) is 4.54. The molecule has 0 unspecified atom stereocenters. The molecule has 1 N–H and O–H groups in total. The van der Waals surface area contributed by atoms with Crippen molar-refractivity contribution in [2.24, 2.45) is 0 Å². The minimum atomic E-state index is -0.262. The van der Waals surface area contributed by atoms with E-state index < -0.39 is 0 Å². The zero-order chi connectivity index (χ0) is 15.1. The fourth-order valence-corrected chi connectivity index (χ4v) is 1.94. The Bertz CT molecular complexity index is 570. The summed E-state index contributed by atoms with van der Waals surface area (Å²) in [6, 6.07) is 11.9. The molecular weight excluding hydrogens is 269 g/mol. The first kappa shape index (κ1) is 15.3. The molecule has 0 saturated carbocycles. The first-order chi connectivity index (χ1) is 10.2. The molecule has 21 heavy (non-hydrogen) atoms. The monoisotopic (exact) mass is 289 g/mol. The summed E-state index contributed by atoms with van der Waals surface area (Å²) in [7, 11) is 0. The molecule has 2 aromatic carbocycles. The van der Waals surface area contributed by atoms with Crippen LogP contribution < -0.4 is 14.8 Å². The Balaban J connectivity index is 2.14. The number of ether oxygens (including phenoxy) is 2. The lowest BCUT2D eigenvalue weighted by Gasteiger charge is -2.12. The average molecular weight is 289 g/mol. The van der Waals surface area contributed by atoms with Crippen molar-refractivity contribution in [1.29, 1.82) is 0 Å². The van der Waals surface area contributed by atoms with E-state index in [1.807, 2.05) is 38.1 Å². The summed E-state index contributed by atoms with van der Waals surface area (Å²) in [6.45, 7) is 5.97. The van der Waals surface area contributed by atoms with Crippen molar-refractivity contribution in [3.8, 4) is 17.2 Å².